The van der Waals surface area contributed by atoms with E-state index in [-0.39, 0.29) is 30.9 Å². The maximum atomic E-state index is 12.7. The Kier molecular flexibility index (Phi) is 4.26. The van der Waals surface area contributed by atoms with Crippen LogP contribution in [0.3, 0.4) is 0 Å². The molecule has 2 aliphatic heterocycles. The predicted octanol–water partition coefficient (Wildman–Crippen LogP) is 0.729. The molecule has 0 aliphatic carbocycles. The maximum absolute atomic E-state index is 12.7. The number of hydrogen-bond acceptors (Lipinski definition) is 6. The van der Waals surface area contributed by atoms with Crippen LogP contribution in [0.4, 0.5) is 0 Å². The first-order chi connectivity index (χ1) is 12.7. The lowest BCUT2D eigenvalue weighted by molar-refractivity contribution is -0.150. The maximum Gasteiger partial charge on any atom is 0.357 e. The van der Waals surface area contributed by atoms with Gasteiger partial charge >= 0.3 is 5.97 Å². The molecule has 1 amide bonds. The van der Waals surface area contributed by atoms with Crippen molar-refractivity contribution in [1.82, 2.24) is 19.9 Å². The van der Waals surface area contributed by atoms with Crippen LogP contribution < -0.4 is 0 Å². The molecular formula is C18H18N4O4. The second-order valence-corrected chi connectivity index (χ2v) is 6.31. The second-order valence-electron chi connectivity index (χ2n) is 6.31. The third-order valence-electron chi connectivity index (χ3n) is 4.58. The molecule has 0 unspecified atom stereocenters. The zero-order valence-corrected chi connectivity index (χ0v) is 14.0. The van der Waals surface area contributed by atoms with Gasteiger partial charge in [0.05, 0.1) is 23.6 Å². The van der Waals surface area contributed by atoms with E-state index in [1.54, 1.807) is 6.20 Å². The lowest BCUT2D eigenvalue weighted by atomic mass is 10.0. The van der Waals surface area contributed by atoms with Gasteiger partial charge in [0.15, 0.2) is 5.70 Å². The van der Waals surface area contributed by atoms with Gasteiger partial charge in [-0.05, 0) is 5.56 Å². The highest BCUT2D eigenvalue weighted by atomic mass is 16.5. The predicted molar refractivity (Wildman–Crippen MR) is 90.1 cm³/mol. The molecule has 0 radical (unpaired) electrons. The number of aliphatic hydroxyl groups excluding tert-OH is 1. The summed E-state index contributed by atoms with van der Waals surface area (Å²) in [4.78, 5) is 26.2. The number of benzene rings is 1. The minimum Gasteiger partial charge on any atom is -0.456 e. The van der Waals surface area contributed by atoms with Gasteiger partial charge in [-0.15, -0.1) is 5.10 Å². The van der Waals surface area contributed by atoms with Gasteiger partial charge in [0, 0.05) is 25.9 Å². The zero-order chi connectivity index (χ0) is 18.1. The van der Waals surface area contributed by atoms with Crippen LogP contribution in [0, 0.1) is 0 Å². The molecule has 3 heterocycles. The number of nitrogens with zero attached hydrogens (tertiary/aromatic N) is 4. The Morgan fingerprint density at radius 1 is 1.27 bits per heavy atom. The van der Waals surface area contributed by atoms with Gasteiger partial charge in [-0.25, -0.2) is 9.48 Å². The summed E-state index contributed by atoms with van der Waals surface area (Å²) in [5.74, 6) is -0.633. The Balaban J connectivity index is 1.59. The molecule has 0 bridgehead atoms. The zero-order valence-electron chi connectivity index (χ0n) is 14.0. The Hall–Kier alpha value is -3.00. The van der Waals surface area contributed by atoms with Crippen LogP contribution in [0.5, 0.6) is 0 Å². The van der Waals surface area contributed by atoms with Crippen molar-refractivity contribution in [3.63, 3.8) is 0 Å². The molecule has 1 N–H and O–H groups in total. The third kappa shape index (κ3) is 2.88. The Bertz CT molecular complexity index is 874. The molecule has 1 fully saturated rings. The lowest BCUT2D eigenvalue weighted by Gasteiger charge is -2.35. The van der Waals surface area contributed by atoms with E-state index in [9.17, 15) is 9.59 Å². The van der Waals surface area contributed by atoms with Crippen molar-refractivity contribution in [2.45, 2.75) is 31.9 Å². The number of β-lactam (4-membered cyclic amide) rings is 1. The van der Waals surface area contributed by atoms with E-state index in [0.717, 1.165) is 5.56 Å². The molecule has 1 saturated heterocycles. The summed E-state index contributed by atoms with van der Waals surface area (Å²) in [6.07, 6.45) is 3.00. The molecule has 26 heavy (non-hydrogen) atoms. The number of fused-ring (bicyclic) bond motifs is 1. The highest BCUT2D eigenvalue weighted by Gasteiger charge is 2.48. The van der Waals surface area contributed by atoms with Crippen LogP contribution in [-0.2, 0) is 27.4 Å². The Labute approximate surface area is 149 Å². The van der Waals surface area contributed by atoms with E-state index in [1.807, 2.05) is 30.3 Å². The molecule has 2 aromatic rings. The average Bonchev–Trinajstić information content (AvgIpc) is 3.22. The number of rotatable bonds is 6. The topological polar surface area (TPSA) is 97.5 Å². The molecular weight excluding hydrogens is 336 g/mol. The van der Waals surface area contributed by atoms with Crippen LogP contribution in [0.25, 0.3) is 5.70 Å². The number of aromatic nitrogens is 3. The van der Waals surface area contributed by atoms with Crippen molar-refractivity contribution < 1.29 is 19.4 Å². The first-order valence-electron chi connectivity index (χ1n) is 8.46. The highest BCUT2D eigenvalue weighted by Crippen LogP contribution is 2.40. The molecule has 0 spiro atoms. The van der Waals surface area contributed by atoms with E-state index in [2.05, 4.69) is 10.3 Å². The number of ether oxygens (including phenoxy) is 1. The Morgan fingerprint density at radius 2 is 2.08 bits per heavy atom. The number of hydrogen-bond donors (Lipinski definition) is 1. The van der Waals surface area contributed by atoms with Crippen molar-refractivity contribution in [1.29, 1.82) is 0 Å². The van der Waals surface area contributed by atoms with Gasteiger partial charge in [-0.2, -0.15) is 0 Å². The summed E-state index contributed by atoms with van der Waals surface area (Å²) in [6, 6.07) is 9.34. The fourth-order valence-corrected chi connectivity index (χ4v) is 3.28. The fraction of sp³-hybridized carbons (Fsp3) is 0.333. The standard InChI is InChI=1S/C18H18N4O4/c23-7-6-13-10-21(20-19-13)15-8-14-9-16(24)22(14)17(15)18(25)26-11-12-4-2-1-3-5-12/h1-5,10,14,23H,6-9,11H2/t14-/m1/s1. The van der Waals surface area contributed by atoms with E-state index >= 15 is 0 Å². The number of carbonyl (C=O) groups is 2. The first-order valence-corrected chi connectivity index (χ1v) is 8.46. The first kappa shape index (κ1) is 16.5. The van der Waals surface area contributed by atoms with Crippen LogP contribution in [0.1, 0.15) is 24.1 Å². The van der Waals surface area contributed by atoms with Gasteiger partial charge in [0.2, 0.25) is 5.91 Å². The fourth-order valence-electron chi connectivity index (χ4n) is 3.28. The summed E-state index contributed by atoms with van der Waals surface area (Å²) in [5.41, 5.74) is 2.34. The molecule has 1 aromatic carbocycles. The van der Waals surface area contributed by atoms with Gasteiger partial charge < -0.3 is 14.7 Å². The quantitative estimate of drug-likeness (QED) is 0.607. The minimum atomic E-state index is -0.543. The van der Waals surface area contributed by atoms with Crippen molar-refractivity contribution in [3.8, 4) is 0 Å². The molecule has 4 rings (SSSR count). The van der Waals surface area contributed by atoms with Gasteiger partial charge in [-0.3, -0.25) is 4.79 Å². The van der Waals surface area contributed by atoms with E-state index in [1.165, 1.54) is 9.58 Å². The number of esters is 1. The minimum absolute atomic E-state index is 0.0257. The SMILES string of the molecule is O=C(OCc1ccccc1)C1=C(n2cc(CCO)nn2)C[C@@H]2CC(=O)N12. The van der Waals surface area contributed by atoms with Gasteiger partial charge in [0.25, 0.3) is 0 Å². The highest BCUT2D eigenvalue weighted by molar-refractivity contribution is 6.03. The molecule has 2 aliphatic rings. The van der Waals surface area contributed by atoms with Crippen LogP contribution in [0.2, 0.25) is 0 Å². The van der Waals surface area contributed by atoms with Crippen molar-refractivity contribution in [2.24, 2.45) is 0 Å². The van der Waals surface area contributed by atoms with Crippen LogP contribution in [0.15, 0.2) is 42.2 Å². The second kappa shape index (κ2) is 6.72. The summed E-state index contributed by atoms with van der Waals surface area (Å²) in [6.45, 7) is 0.104. The lowest BCUT2D eigenvalue weighted by Crippen LogP contribution is -2.49. The van der Waals surface area contributed by atoms with Crippen molar-refractivity contribution in [3.05, 3.63) is 53.5 Å². The smallest absolute Gasteiger partial charge is 0.357 e. The van der Waals surface area contributed by atoms with E-state index < -0.39 is 5.97 Å². The largest absolute Gasteiger partial charge is 0.456 e. The number of amides is 1. The van der Waals surface area contributed by atoms with E-state index in [4.69, 9.17) is 9.84 Å². The van der Waals surface area contributed by atoms with Crippen LogP contribution >= 0.6 is 0 Å². The molecule has 8 heteroatoms. The van der Waals surface area contributed by atoms with Gasteiger partial charge in [-0.1, -0.05) is 35.5 Å². The molecule has 8 nitrogen and oxygen atoms in total. The molecule has 134 valence electrons. The van der Waals surface area contributed by atoms with E-state index in [0.29, 0.717) is 30.7 Å². The number of aliphatic hydroxyl groups is 1. The van der Waals surface area contributed by atoms with Crippen LogP contribution in [-0.4, -0.2) is 49.5 Å². The monoisotopic (exact) mass is 354 g/mol. The normalized spacial score (nSPS) is 18.7. The van der Waals surface area contributed by atoms with Crippen molar-refractivity contribution in [2.75, 3.05) is 6.61 Å². The molecule has 1 atom stereocenters. The summed E-state index contributed by atoms with van der Waals surface area (Å²) < 4.78 is 6.94. The number of carbonyl (C=O) groups excluding carboxylic acids is 2. The molecule has 1 aromatic heterocycles. The summed E-state index contributed by atoms with van der Waals surface area (Å²) in [5, 5.41) is 17.1. The molecule has 0 saturated carbocycles. The Morgan fingerprint density at radius 3 is 2.81 bits per heavy atom. The van der Waals surface area contributed by atoms with Gasteiger partial charge in [0.1, 0.15) is 6.61 Å². The third-order valence-corrected chi connectivity index (χ3v) is 4.58. The summed E-state index contributed by atoms with van der Waals surface area (Å²) in [7, 11) is 0. The average molecular weight is 354 g/mol. The van der Waals surface area contributed by atoms with Crippen molar-refractivity contribution >= 4 is 17.6 Å². The summed E-state index contributed by atoms with van der Waals surface area (Å²) >= 11 is 0.